The van der Waals surface area contributed by atoms with E-state index >= 15 is 0 Å². The van der Waals surface area contributed by atoms with Gasteiger partial charge in [-0.3, -0.25) is 0 Å². The molecule has 5 nitrogen and oxygen atoms in total. The average Bonchev–Trinajstić information content (AvgIpc) is 2.51. The van der Waals surface area contributed by atoms with Crippen molar-refractivity contribution in [1.82, 2.24) is 14.5 Å². The lowest BCUT2D eigenvalue weighted by molar-refractivity contribution is -0.649. The molecule has 2 heterocycles. The Morgan fingerprint density at radius 2 is 2.23 bits per heavy atom. The number of anilines is 1. The van der Waals surface area contributed by atoms with Crippen molar-refractivity contribution in [3.8, 4) is 0 Å². The van der Waals surface area contributed by atoms with Gasteiger partial charge in [0.2, 0.25) is 12.1 Å². The average molecular weight is 178 g/mol. The van der Waals surface area contributed by atoms with Gasteiger partial charge in [0.05, 0.1) is 7.05 Å². The number of nitrogens with one attached hydrogen (secondary N) is 1. The topological polar surface area (TPSA) is 46.6 Å². The fourth-order valence-electron chi connectivity index (χ4n) is 1.39. The highest BCUT2D eigenvalue weighted by Gasteiger charge is 2.15. The summed E-state index contributed by atoms with van der Waals surface area (Å²) in [6.45, 7) is 0. The smallest absolute Gasteiger partial charge is 0.293 e. The van der Waals surface area contributed by atoms with E-state index in [0.717, 1.165) is 17.0 Å². The Morgan fingerprint density at radius 3 is 2.92 bits per heavy atom. The highest BCUT2D eigenvalue weighted by molar-refractivity contribution is 5.80. The van der Waals surface area contributed by atoms with E-state index in [-0.39, 0.29) is 0 Å². The summed E-state index contributed by atoms with van der Waals surface area (Å²) in [7, 11) is 5.74. The highest BCUT2D eigenvalue weighted by Crippen LogP contribution is 2.14. The van der Waals surface area contributed by atoms with Gasteiger partial charge in [0.15, 0.2) is 11.8 Å². The molecule has 0 saturated carbocycles. The van der Waals surface area contributed by atoms with Crippen molar-refractivity contribution >= 4 is 17.0 Å². The fraction of sp³-hybridized carbons (Fsp3) is 0.375. The van der Waals surface area contributed by atoms with E-state index in [1.54, 1.807) is 12.7 Å². The third-order valence-electron chi connectivity index (χ3n) is 2.07. The number of hydrogen-bond donors (Lipinski definition) is 1. The maximum Gasteiger partial charge on any atom is 0.293 e. The fourth-order valence-corrected chi connectivity index (χ4v) is 1.39. The van der Waals surface area contributed by atoms with Crippen molar-refractivity contribution in [2.75, 3.05) is 12.4 Å². The number of nitrogens with zero attached hydrogens (tertiary/aromatic N) is 4. The zero-order chi connectivity index (χ0) is 9.42. The summed E-state index contributed by atoms with van der Waals surface area (Å²) in [5, 5.41) is 3.04. The van der Waals surface area contributed by atoms with Gasteiger partial charge in [0, 0.05) is 14.1 Å². The first-order valence-corrected chi connectivity index (χ1v) is 4.07. The Kier molecular flexibility index (Phi) is 1.65. The molecule has 2 aromatic rings. The molecule has 0 aliphatic carbocycles. The molecular formula is C8H12N5+. The highest BCUT2D eigenvalue weighted by atomic mass is 15.2. The molecule has 0 fully saturated rings. The Labute approximate surface area is 76.0 Å². The number of imidazole rings is 1. The van der Waals surface area contributed by atoms with E-state index in [2.05, 4.69) is 15.3 Å². The second-order valence-corrected chi connectivity index (χ2v) is 2.98. The molecule has 0 amide bonds. The van der Waals surface area contributed by atoms with Crippen LogP contribution in [0.2, 0.25) is 0 Å². The van der Waals surface area contributed by atoms with Crippen LogP contribution in [-0.2, 0) is 14.1 Å². The Bertz CT molecular complexity index is 445. The third kappa shape index (κ3) is 1.04. The number of aryl methyl sites for hydroxylation is 2. The first-order valence-electron chi connectivity index (χ1n) is 4.07. The Morgan fingerprint density at radius 1 is 1.46 bits per heavy atom. The predicted molar refractivity (Wildman–Crippen MR) is 49.2 cm³/mol. The largest absolute Gasteiger partial charge is 0.358 e. The minimum absolute atomic E-state index is 0.855. The van der Waals surface area contributed by atoms with Crippen LogP contribution in [0.25, 0.3) is 11.2 Å². The van der Waals surface area contributed by atoms with Crippen LogP contribution < -0.4 is 9.88 Å². The van der Waals surface area contributed by atoms with Crippen LogP contribution >= 0.6 is 0 Å². The number of fused-ring (bicyclic) bond motifs is 1. The Balaban J connectivity index is 2.88. The van der Waals surface area contributed by atoms with E-state index in [1.165, 1.54) is 0 Å². The summed E-state index contributed by atoms with van der Waals surface area (Å²) in [5.74, 6) is 0.855. The van der Waals surface area contributed by atoms with Gasteiger partial charge in [-0.1, -0.05) is 9.97 Å². The maximum atomic E-state index is 4.27. The molecule has 0 radical (unpaired) electrons. The monoisotopic (exact) mass is 178 g/mol. The molecule has 2 aromatic heterocycles. The lowest BCUT2D eigenvalue weighted by Gasteiger charge is -1.98. The van der Waals surface area contributed by atoms with Gasteiger partial charge >= 0.3 is 0 Å². The van der Waals surface area contributed by atoms with Crippen molar-refractivity contribution in [2.24, 2.45) is 14.1 Å². The van der Waals surface area contributed by atoms with Crippen molar-refractivity contribution in [3.63, 3.8) is 0 Å². The van der Waals surface area contributed by atoms with E-state index < -0.39 is 0 Å². The van der Waals surface area contributed by atoms with Crippen LogP contribution in [0.4, 0.5) is 5.82 Å². The summed E-state index contributed by atoms with van der Waals surface area (Å²) < 4.78 is 3.85. The summed E-state index contributed by atoms with van der Waals surface area (Å²) in [6, 6.07) is 0. The van der Waals surface area contributed by atoms with Crippen LogP contribution in [0.1, 0.15) is 0 Å². The van der Waals surface area contributed by atoms with Crippen molar-refractivity contribution < 1.29 is 4.57 Å². The second-order valence-electron chi connectivity index (χ2n) is 2.98. The molecule has 1 N–H and O–H groups in total. The number of hydrogen-bond acceptors (Lipinski definition) is 3. The quantitative estimate of drug-likeness (QED) is 0.617. The van der Waals surface area contributed by atoms with Crippen LogP contribution in [0, 0.1) is 0 Å². The van der Waals surface area contributed by atoms with Gasteiger partial charge in [0.1, 0.15) is 0 Å². The molecule has 0 atom stereocenters. The molecule has 5 heteroatoms. The zero-order valence-corrected chi connectivity index (χ0v) is 7.94. The second kappa shape index (κ2) is 2.69. The summed E-state index contributed by atoms with van der Waals surface area (Å²) in [6.07, 6.45) is 3.54. The molecule has 0 aliphatic heterocycles. The molecule has 0 unspecified atom stereocenters. The van der Waals surface area contributed by atoms with Crippen LogP contribution in [0.3, 0.4) is 0 Å². The van der Waals surface area contributed by atoms with E-state index in [9.17, 15) is 0 Å². The molecule has 0 bridgehead atoms. The first-order chi connectivity index (χ1) is 6.24. The van der Waals surface area contributed by atoms with Gasteiger partial charge in [0.25, 0.3) is 5.65 Å². The van der Waals surface area contributed by atoms with Gasteiger partial charge in [-0.05, 0) is 0 Å². The van der Waals surface area contributed by atoms with Crippen molar-refractivity contribution in [1.29, 1.82) is 0 Å². The lowest BCUT2D eigenvalue weighted by Crippen LogP contribution is -2.30. The van der Waals surface area contributed by atoms with Gasteiger partial charge < -0.3 is 9.88 Å². The maximum absolute atomic E-state index is 4.27. The van der Waals surface area contributed by atoms with Crippen molar-refractivity contribution in [2.45, 2.75) is 0 Å². The van der Waals surface area contributed by atoms with Crippen LogP contribution in [0.5, 0.6) is 0 Å². The summed E-state index contributed by atoms with van der Waals surface area (Å²) in [4.78, 5) is 8.52. The standard InChI is InChI=1S/C8H11N5/c1-9-7-6-8(11-5-12(6)2)13(3)4-10-7/h4-5H,1-3H3/p+1. The molecule has 68 valence electrons. The number of rotatable bonds is 1. The minimum atomic E-state index is 0.855. The van der Waals surface area contributed by atoms with Gasteiger partial charge in [-0.25, -0.2) is 4.57 Å². The molecule has 2 rings (SSSR count). The third-order valence-corrected chi connectivity index (χ3v) is 2.07. The van der Waals surface area contributed by atoms with Gasteiger partial charge in [-0.15, -0.1) is 0 Å². The molecule has 0 aromatic carbocycles. The molecule has 0 saturated heterocycles. The first kappa shape index (κ1) is 7.97. The number of aromatic nitrogens is 4. The zero-order valence-electron chi connectivity index (χ0n) is 7.94. The van der Waals surface area contributed by atoms with Crippen molar-refractivity contribution in [3.05, 3.63) is 12.7 Å². The molecule has 0 aliphatic rings. The van der Waals surface area contributed by atoms with E-state index in [4.69, 9.17) is 0 Å². The van der Waals surface area contributed by atoms with E-state index in [1.807, 2.05) is 30.3 Å². The normalized spacial score (nSPS) is 10.7. The minimum Gasteiger partial charge on any atom is -0.358 e. The molecule has 0 spiro atoms. The predicted octanol–water partition coefficient (Wildman–Crippen LogP) is -0.165. The van der Waals surface area contributed by atoms with Crippen LogP contribution in [0.15, 0.2) is 12.7 Å². The molecule has 13 heavy (non-hydrogen) atoms. The van der Waals surface area contributed by atoms with Crippen LogP contribution in [-0.4, -0.2) is 21.6 Å². The summed E-state index contributed by atoms with van der Waals surface area (Å²) in [5.41, 5.74) is 1.95. The Hall–Kier alpha value is -1.65. The SMILES string of the molecule is CNc1nc[n+](C)c2ncn(C)c12. The lowest BCUT2D eigenvalue weighted by atomic mass is 10.5. The van der Waals surface area contributed by atoms with E-state index in [0.29, 0.717) is 0 Å². The molecular weight excluding hydrogens is 166 g/mol. The van der Waals surface area contributed by atoms with Gasteiger partial charge in [-0.2, -0.15) is 0 Å². The summed E-state index contributed by atoms with van der Waals surface area (Å²) >= 11 is 0.